The minimum atomic E-state index is 0.0331. The number of ketones is 1. The standard InChI is InChI=1S/C17H21BrO3/c1-12(19)15-5-4-13(18)10-16(15)21-14-6-9-20-17(11-14)7-2-3-8-17/h4-5,10,14H,2-3,6-9,11H2,1H3. The molecule has 1 saturated heterocycles. The number of carbonyl (C=O) groups is 1. The normalized spacial score (nSPS) is 24.2. The van der Waals surface area contributed by atoms with Crippen LogP contribution in [-0.4, -0.2) is 24.1 Å². The summed E-state index contributed by atoms with van der Waals surface area (Å²) in [6.07, 6.45) is 6.77. The van der Waals surface area contributed by atoms with Crippen molar-refractivity contribution in [3.63, 3.8) is 0 Å². The van der Waals surface area contributed by atoms with Crippen molar-refractivity contribution in [1.82, 2.24) is 0 Å². The van der Waals surface area contributed by atoms with E-state index >= 15 is 0 Å². The summed E-state index contributed by atoms with van der Waals surface area (Å²) in [7, 11) is 0. The molecule has 1 spiro atoms. The number of rotatable bonds is 3. The zero-order valence-electron chi connectivity index (χ0n) is 12.4. The predicted molar refractivity (Wildman–Crippen MR) is 84.9 cm³/mol. The van der Waals surface area contributed by atoms with Crippen LogP contribution in [0.4, 0.5) is 0 Å². The van der Waals surface area contributed by atoms with E-state index in [4.69, 9.17) is 9.47 Å². The van der Waals surface area contributed by atoms with E-state index in [1.54, 1.807) is 6.92 Å². The quantitative estimate of drug-likeness (QED) is 0.750. The molecule has 2 fully saturated rings. The maximum atomic E-state index is 11.7. The number of benzene rings is 1. The Morgan fingerprint density at radius 2 is 2.14 bits per heavy atom. The van der Waals surface area contributed by atoms with Crippen LogP contribution in [0, 0.1) is 0 Å². The molecule has 2 aliphatic rings. The molecule has 21 heavy (non-hydrogen) atoms. The topological polar surface area (TPSA) is 35.5 Å². The summed E-state index contributed by atoms with van der Waals surface area (Å²) in [4.78, 5) is 11.7. The summed E-state index contributed by atoms with van der Waals surface area (Å²) < 4.78 is 13.2. The van der Waals surface area contributed by atoms with Gasteiger partial charge in [-0.05, 0) is 38.0 Å². The Bertz CT molecular complexity index is 535. The van der Waals surface area contributed by atoms with Gasteiger partial charge in [-0.1, -0.05) is 28.8 Å². The second kappa shape index (κ2) is 6.09. The molecule has 1 aromatic carbocycles. The lowest BCUT2D eigenvalue weighted by atomic mass is 9.90. The molecular weight excluding hydrogens is 332 g/mol. The van der Waals surface area contributed by atoms with Crippen LogP contribution in [0.2, 0.25) is 0 Å². The van der Waals surface area contributed by atoms with Crippen molar-refractivity contribution in [2.45, 2.75) is 57.2 Å². The molecule has 0 N–H and O–H groups in total. The van der Waals surface area contributed by atoms with Crippen molar-refractivity contribution in [3.05, 3.63) is 28.2 Å². The van der Waals surface area contributed by atoms with E-state index in [0.717, 1.165) is 36.8 Å². The number of hydrogen-bond donors (Lipinski definition) is 0. The molecule has 1 saturated carbocycles. The molecule has 0 aromatic heterocycles. The van der Waals surface area contributed by atoms with Crippen LogP contribution in [0.15, 0.2) is 22.7 Å². The van der Waals surface area contributed by atoms with Gasteiger partial charge in [0.05, 0.1) is 17.8 Å². The molecule has 0 radical (unpaired) electrons. The summed E-state index contributed by atoms with van der Waals surface area (Å²) in [5.41, 5.74) is 0.691. The van der Waals surface area contributed by atoms with Gasteiger partial charge in [-0.3, -0.25) is 4.79 Å². The summed E-state index contributed by atoms with van der Waals surface area (Å²) in [5, 5.41) is 0. The zero-order valence-corrected chi connectivity index (χ0v) is 13.9. The molecular formula is C17H21BrO3. The van der Waals surface area contributed by atoms with Crippen molar-refractivity contribution in [1.29, 1.82) is 0 Å². The van der Waals surface area contributed by atoms with Gasteiger partial charge < -0.3 is 9.47 Å². The van der Waals surface area contributed by atoms with Gasteiger partial charge in [0, 0.05) is 17.3 Å². The first-order valence-corrected chi connectivity index (χ1v) is 8.48. The minimum absolute atomic E-state index is 0.0331. The van der Waals surface area contributed by atoms with Gasteiger partial charge in [-0.15, -0.1) is 0 Å². The maximum Gasteiger partial charge on any atom is 0.163 e. The van der Waals surface area contributed by atoms with Crippen molar-refractivity contribution in [3.8, 4) is 5.75 Å². The van der Waals surface area contributed by atoms with Crippen LogP contribution in [0.1, 0.15) is 55.8 Å². The van der Waals surface area contributed by atoms with Gasteiger partial charge in [-0.2, -0.15) is 0 Å². The molecule has 1 aliphatic heterocycles. The first kappa shape index (κ1) is 15.0. The molecule has 0 amide bonds. The van der Waals surface area contributed by atoms with Crippen molar-refractivity contribution < 1.29 is 14.3 Å². The van der Waals surface area contributed by atoms with Crippen LogP contribution in [0.5, 0.6) is 5.75 Å². The largest absolute Gasteiger partial charge is 0.489 e. The Morgan fingerprint density at radius 1 is 1.38 bits per heavy atom. The van der Waals surface area contributed by atoms with E-state index in [2.05, 4.69) is 15.9 Å². The molecule has 1 aliphatic carbocycles. The second-order valence-corrected chi connectivity index (χ2v) is 7.08. The first-order chi connectivity index (χ1) is 10.1. The van der Waals surface area contributed by atoms with E-state index < -0.39 is 0 Å². The molecule has 1 aromatic rings. The van der Waals surface area contributed by atoms with Gasteiger partial charge >= 0.3 is 0 Å². The van der Waals surface area contributed by atoms with Crippen LogP contribution in [0.25, 0.3) is 0 Å². The highest BCUT2D eigenvalue weighted by atomic mass is 79.9. The third kappa shape index (κ3) is 3.32. The summed E-state index contributed by atoms with van der Waals surface area (Å²) in [5.74, 6) is 0.733. The van der Waals surface area contributed by atoms with E-state index in [1.807, 2.05) is 18.2 Å². The molecule has 1 atom stereocenters. The number of carbonyl (C=O) groups excluding carboxylic acids is 1. The lowest BCUT2D eigenvalue weighted by molar-refractivity contribution is -0.108. The number of halogens is 1. The molecule has 3 nitrogen and oxygen atoms in total. The predicted octanol–water partition coefficient (Wildman–Crippen LogP) is 4.52. The molecule has 4 heteroatoms. The fourth-order valence-corrected chi connectivity index (χ4v) is 3.86. The monoisotopic (exact) mass is 352 g/mol. The Kier molecular flexibility index (Phi) is 4.36. The highest BCUT2D eigenvalue weighted by Gasteiger charge is 2.40. The number of Topliss-reactive ketones (excluding diaryl/α,β-unsaturated/α-hetero) is 1. The highest BCUT2D eigenvalue weighted by Crippen LogP contribution is 2.41. The minimum Gasteiger partial charge on any atom is -0.489 e. The Hall–Kier alpha value is -0.870. The Labute approximate surface area is 134 Å². The number of hydrogen-bond acceptors (Lipinski definition) is 3. The molecule has 3 rings (SSSR count). The van der Waals surface area contributed by atoms with E-state index in [-0.39, 0.29) is 17.5 Å². The molecule has 1 heterocycles. The number of ether oxygens (including phenoxy) is 2. The van der Waals surface area contributed by atoms with Crippen LogP contribution in [-0.2, 0) is 4.74 Å². The molecule has 1 unspecified atom stereocenters. The zero-order chi connectivity index (χ0) is 14.9. The Balaban J connectivity index is 1.77. The third-order valence-corrected chi connectivity index (χ3v) is 5.07. The highest BCUT2D eigenvalue weighted by molar-refractivity contribution is 9.10. The fraction of sp³-hybridized carbons (Fsp3) is 0.588. The molecule has 0 bridgehead atoms. The summed E-state index contributed by atoms with van der Waals surface area (Å²) >= 11 is 3.45. The lowest BCUT2D eigenvalue weighted by Gasteiger charge is -2.38. The van der Waals surface area contributed by atoms with E-state index in [1.165, 1.54) is 12.8 Å². The van der Waals surface area contributed by atoms with E-state index in [0.29, 0.717) is 11.3 Å². The van der Waals surface area contributed by atoms with Gasteiger partial charge in [0.15, 0.2) is 5.78 Å². The van der Waals surface area contributed by atoms with Gasteiger partial charge in [0.25, 0.3) is 0 Å². The van der Waals surface area contributed by atoms with Crippen molar-refractivity contribution in [2.75, 3.05) is 6.61 Å². The van der Waals surface area contributed by atoms with Gasteiger partial charge in [-0.25, -0.2) is 0 Å². The maximum absolute atomic E-state index is 11.7. The van der Waals surface area contributed by atoms with Crippen LogP contribution in [0.3, 0.4) is 0 Å². The van der Waals surface area contributed by atoms with Crippen molar-refractivity contribution >= 4 is 21.7 Å². The fourth-order valence-electron chi connectivity index (χ4n) is 3.52. The van der Waals surface area contributed by atoms with Gasteiger partial charge in [0.1, 0.15) is 11.9 Å². The van der Waals surface area contributed by atoms with Gasteiger partial charge in [0.2, 0.25) is 0 Å². The Morgan fingerprint density at radius 3 is 2.86 bits per heavy atom. The second-order valence-electron chi connectivity index (χ2n) is 6.17. The third-order valence-electron chi connectivity index (χ3n) is 4.58. The average Bonchev–Trinajstić information content (AvgIpc) is 2.86. The summed E-state index contributed by atoms with van der Waals surface area (Å²) in [6, 6.07) is 5.60. The van der Waals surface area contributed by atoms with Crippen molar-refractivity contribution in [2.24, 2.45) is 0 Å². The van der Waals surface area contributed by atoms with Crippen LogP contribution < -0.4 is 4.74 Å². The first-order valence-electron chi connectivity index (χ1n) is 7.69. The SMILES string of the molecule is CC(=O)c1ccc(Br)cc1OC1CCOC2(CCCC2)C1. The summed E-state index contributed by atoms with van der Waals surface area (Å²) in [6.45, 7) is 2.34. The van der Waals surface area contributed by atoms with Crippen LogP contribution >= 0.6 is 15.9 Å². The smallest absolute Gasteiger partial charge is 0.163 e. The average molecular weight is 353 g/mol. The molecule has 114 valence electrons. The van der Waals surface area contributed by atoms with E-state index in [9.17, 15) is 4.79 Å². The lowest BCUT2D eigenvalue weighted by Crippen LogP contribution is -2.41.